The first kappa shape index (κ1) is 12.1. The molecule has 1 rings (SSSR count). The molecule has 84 valence electrons. The molecule has 3 nitrogen and oxygen atoms in total. The lowest BCUT2D eigenvalue weighted by atomic mass is 10.0. The third kappa shape index (κ3) is 2.97. The van der Waals surface area contributed by atoms with Crippen molar-refractivity contribution in [3.8, 4) is 12.3 Å². The Balaban J connectivity index is 2.63. The van der Waals surface area contributed by atoms with Crippen LogP contribution >= 0.6 is 0 Å². The minimum Gasteiger partial charge on any atom is -0.328 e. The zero-order valence-corrected chi connectivity index (χ0v) is 9.79. The second-order valence-electron chi connectivity index (χ2n) is 4.39. The van der Waals surface area contributed by atoms with Crippen molar-refractivity contribution in [2.24, 2.45) is 0 Å². The van der Waals surface area contributed by atoms with Crippen molar-refractivity contribution in [1.82, 2.24) is 10.2 Å². The molecule has 1 fully saturated rings. The summed E-state index contributed by atoms with van der Waals surface area (Å²) in [5.41, 5.74) is 0. The monoisotopic (exact) mass is 208 g/mol. The molecule has 15 heavy (non-hydrogen) atoms. The molecule has 3 heteroatoms. The van der Waals surface area contributed by atoms with Gasteiger partial charge in [-0.3, -0.25) is 4.79 Å². The van der Waals surface area contributed by atoms with Crippen molar-refractivity contribution in [1.29, 1.82) is 0 Å². The number of rotatable bonds is 3. The van der Waals surface area contributed by atoms with E-state index in [1.165, 1.54) is 0 Å². The molecule has 2 unspecified atom stereocenters. The van der Waals surface area contributed by atoms with Gasteiger partial charge in [-0.2, -0.15) is 0 Å². The standard InChI is InChI=1S/C12H20N2O/c1-5-10(4)14-8-6-7-11(12(14)15)13-9(2)3/h1,9-11,13H,6-8H2,2-4H3. The summed E-state index contributed by atoms with van der Waals surface area (Å²) in [6.07, 6.45) is 7.30. The van der Waals surface area contributed by atoms with Gasteiger partial charge in [-0.1, -0.05) is 19.8 Å². The maximum absolute atomic E-state index is 12.0. The van der Waals surface area contributed by atoms with Gasteiger partial charge in [-0.05, 0) is 19.8 Å². The lowest BCUT2D eigenvalue weighted by molar-refractivity contribution is -0.137. The Morgan fingerprint density at radius 3 is 2.73 bits per heavy atom. The fraction of sp³-hybridized carbons (Fsp3) is 0.750. The zero-order chi connectivity index (χ0) is 11.4. The Kier molecular flexibility index (Phi) is 4.16. The SMILES string of the molecule is C#CC(C)N1CCCC(NC(C)C)C1=O. The van der Waals surface area contributed by atoms with Crippen LogP contribution in [-0.2, 0) is 4.79 Å². The number of terminal acetylenes is 1. The van der Waals surface area contributed by atoms with E-state index in [1.54, 1.807) is 4.90 Å². The maximum atomic E-state index is 12.0. The van der Waals surface area contributed by atoms with Crippen LogP contribution in [0, 0.1) is 12.3 Å². The Morgan fingerprint density at radius 2 is 2.20 bits per heavy atom. The fourth-order valence-corrected chi connectivity index (χ4v) is 1.93. The molecule has 0 aromatic rings. The number of hydrogen-bond acceptors (Lipinski definition) is 2. The number of likely N-dealkylation sites (tertiary alicyclic amines) is 1. The van der Waals surface area contributed by atoms with Gasteiger partial charge in [-0.15, -0.1) is 6.42 Å². The molecule has 2 atom stereocenters. The average molecular weight is 208 g/mol. The first-order valence-electron chi connectivity index (χ1n) is 5.59. The number of carbonyl (C=O) groups is 1. The predicted octanol–water partition coefficient (Wildman–Crippen LogP) is 0.997. The maximum Gasteiger partial charge on any atom is 0.240 e. The molecule has 1 aliphatic heterocycles. The second kappa shape index (κ2) is 5.18. The topological polar surface area (TPSA) is 32.3 Å². The summed E-state index contributed by atoms with van der Waals surface area (Å²) in [4.78, 5) is 13.8. The van der Waals surface area contributed by atoms with Crippen LogP contribution in [0.15, 0.2) is 0 Å². The molecule has 1 heterocycles. The number of carbonyl (C=O) groups excluding carboxylic acids is 1. The van der Waals surface area contributed by atoms with Crippen LogP contribution in [0.25, 0.3) is 0 Å². The van der Waals surface area contributed by atoms with Crippen molar-refractivity contribution < 1.29 is 4.79 Å². The summed E-state index contributed by atoms with van der Waals surface area (Å²) in [6.45, 7) is 6.80. The van der Waals surface area contributed by atoms with Crippen LogP contribution in [0.5, 0.6) is 0 Å². The number of piperidine rings is 1. The van der Waals surface area contributed by atoms with Crippen molar-refractivity contribution in [3.05, 3.63) is 0 Å². The molecule has 1 aliphatic rings. The highest BCUT2D eigenvalue weighted by Crippen LogP contribution is 2.14. The van der Waals surface area contributed by atoms with Gasteiger partial charge in [0.05, 0.1) is 12.1 Å². The molecule has 0 bridgehead atoms. The van der Waals surface area contributed by atoms with Gasteiger partial charge >= 0.3 is 0 Å². The van der Waals surface area contributed by atoms with E-state index < -0.39 is 0 Å². The van der Waals surface area contributed by atoms with Gasteiger partial charge in [0.15, 0.2) is 0 Å². The minimum atomic E-state index is -0.0886. The van der Waals surface area contributed by atoms with Gasteiger partial charge in [-0.25, -0.2) is 0 Å². The minimum absolute atomic E-state index is 0.0467. The number of amides is 1. The first-order chi connectivity index (χ1) is 7.06. The Hall–Kier alpha value is -1.01. The predicted molar refractivity (Wildman–Crippen MR) is 61.3 cm³/mol. The Bertz CT molecular complexity index is 267. The number of hydrogen-bond donors (Lipinski definition) is 1. The molecule has 1 saturated heterocycles. The van der Waals surface area contributed by atoms with Crippen molar-refractivity contribution in [2.45, 2.75) is 51.7 Å². The zero-order valence-electron chi connectivity index (χ0n) is 9.79. The van der Waals surface area contributed by atoms with Gasteiger partial charge in [0, 0.05) is 12.6 Å². The lowest BCUT2D eigenvalue weighted by Gasteiger charge is -2.35. The van der Waals surface area contributed by atoms with Crippen molar-refractivity contribution in [3.63, 3.8) is 0 Å². The van der Waals surface area contributed by atoms with Gasteiger partial charge in [0.2, 0.25) is 5.91 Å². The highest BCUT2D eigenvalue weighted by Gasteiger charge is 2.30. The van der Waals surface area contributed by atoms with Crippen LogP contribution in [0.1, 0.15) is 33.6 Å². The van der Waals surface area contributed by atoms with Crippen LogP contribution in [0.4, 0.5) is 0 Å². The van der Waals surface area contributed by atoms with E-state index in [2.05, 4.69) is 25.1 Å². The molecule has 0 aromatic carbocycles. The molecular weight excluding hydrogens is 188 g/mol. The molecular formula is C12H20N2O. The van der Waals surface area contributed by atoms with Crippen molar-refractivity contribution in [2.75, 3.05) is 6.54 Å². The second-order valence-corrected chi connectivity index (χ2v) is 4.39. The lowest BCUT2D eigenvalue weighted by Crippen LogP contribution is -2.54. The number of nitrogens with zero attached hydrogens (tertiary/aromatic N) is 1. The van der Waals surface area contributed by atoms with E-state index in [9.17, 15) is 4.79 Å². The normalized spacial score (nSPS) is 24.1. The van der Waals surface area contributed by atoms with Crippen LogP contribution < -0.4 is 5.32 Å². The summed E-state index contributed by atoms with van der Waals surface area (Å²) < 4.78 is 0. The summed E-state index contributed by atoms with van der Waals surface area (Å²) in [5.74, 6) is 2.77. The van der Waals surface area contributed by atoms with E-state index in [0.29, 0.717) is 6.04 Å². The molecule has 1 N–H and O–H groups in total. The largest absolute Gasteiger partial charge is 0.328 e. The molecule has 0 aliphatic carbocycles. The van der Waals surface area contributed by atoms with Gasteiger partial charge in [0.1, 0.15) is 0 Å². The van der Waals surface area contributed by atoms with E-state index >= 15 is 0 Å². The van der Waals surface area contributed by atoms with E-state index in [1.807, 2.05) is 6.92 Å². The summed E-state index contributed by atoms with van der Waals surface area (Å²) in [6, 6.07) is 0.198. The fourth-order valence-electron chi connectivity index (χ4n) is 1.93. The molecule has 0 spiro atoms. The van der Waals surface area contributed by atoms with Crippen molar-refractivity contribution >= 4 is 5.91 Å². The third-order valence-electron chi connectivity index (χ3n) is 2.72. The summed E-state index contributed by atoms with van der Waals surface area (Å²) >= 11 is 0. The van der Waals surface area contributed by atoms with Crippen LogP contribution in [-0.4, -0.2) is 35.5 Å². The molecule has 0 aromatic heterocycles. The Morgan fingerprint density at radius 1 is 1.53 bits per heavy atom. The van der Waals surface area contributed by atoms with Gasteiger partial charge in [0.25, 0.3) is 0 Å². The number of nitrogens with one attached hydrogen (secondary N) is 1. The highest BCUT2D eigenvalue weighted by atomic mass is 16.2. The van der Waals surface area contributed by atoms with Gasteiger partial charge < -0.3 is 10.2 Å². The van der Waals surface area contributed by atoms with E-state index in [-0.39, 0.29) is 18.0 Å². The smallest absolute Gasteiger partial charge is 0.240 e. The van der Waals surface area contributed by atoms with Crippen LogP contribution in [0.2, 0.25) is 0 Å². The molecule has 0 saturated carbocycles. The van der Waals surface area contributed by atoms with E-state index in [0.717, 1.165) is 19.4 Å². The molecule has 0 radical (unpaired) electrons. The average Bonchev–Trinajstić information content (AvgIpc) is 2.19. The van der Waals surface area contributed by atoms with E-state index in [4.69, 9.17) is 6.42 Å². The quantitative estimate of drug-likeness (QED) is 0.702. The first-order valence-corrected chi connectivity index (χ1v) is 5.59. The summed E-state index contributed by atoms with van der Waals surface area (Å²) in [5, 5.41) is 3.28. The Labute approximate surface area is 92.2 Å². The van der Waals surface area contributed by atoms with Crippen LogP contribution in [0.3, 0.4) is 0 Å². The molecule has 1 amide bonds. The summed E-state index contributed by atoms with van der Waals surface area (Å²) in [7, 11) is 0. The highest BCUT2D eigenvalue weighted by molar-refractivity contribution is 5.83. The third-order valence-corrected chi connectivity index (χ3v) is 2.72.